The van der Waals surface area contributed by atoms with Crippen LogP contribution in [-0.2, 0) is 16.8 Å². The van der Waals surface area contributed by atoms with Gasteiger partial charge >= 0.3 is 0 Å². The van der Waals surface area contributed by atoms with E-state index in [1.54, 1.807) is 20.3 Å². The first-order valence-corrected chi connectivity index (χ1v) is 12.9. The standard InChI is InChI=1S/C32H40N2O4/c1-32(2,3)26-12-8-24(9-13-26)11-19-31(35)33-27-14-16-28(17-15-27)38-21-7-20-34(4)23-25-10-18-29(36-5)30(22-25)37-6/h8-19,22H,7,20-21,23H2,1-6H3,(H,33,35). The van der Waals surface area contributed by atoms with Crippen LogP contribution in [0.4, 0.5) is 5.69 Å². The van der Waals surface area contributed by atoms with Crippen molar-refractivity contribution in [2.75, 3.05) is 39.7 Å². The highest BCUT2D eigenvalue weighted by Gasteiger charge is 2.12. The Morgan fingerprint density at radius 2 is 1.61 bits per heavy atom. The molecule has 0 radical (unpaired) electrons. The Morgan fingerprint density at radius 3 is 2.24 bits per heavy atom. The first-order chi connectivity index (χ1) is 18.2. The molecular weight excluding hydrogens is 476 g/mol. The zero-order valence-corrected chi connectivity index (χ0v) is 23.4. The number of benzene rings is 3. The normalized spacial score (nSPS) is 11.6. The van der Waals surface area contributed by atoms with Crippen LogP contribution in [-0.4, -0.2) is 45.2 Å². The Kier molecular flexibility index (Phi) is 10.4. The molecule has 0 saturated heterocycles. The van der Waals surface area contributed by atoms with Crippen molar-refractivity contribution < 1.29 is 19.0 Å². The SMILES string of the molecule is COc1ccc(CN(C)CCCOc2ccc(NC(=O)C=Cc3ccc(C(C)(C)C)cc3)cc2)cc1OC. The Hall–Kier alpha value is -3.77. The quantitative estimate of drug-likeness (QED) is 0.218. The van der Waals surface area contributed by atoms with Gasteiger partial charge in [0.15, 0.2) is 11.5 Å². The van der Waals surface area contributed by atoms with Crippen LogP contribution in [0.5, 0.6) is 17.2 Å². The summed E-state index contributed by atoms with van der Waals surface area (Å²) in [6.45, 7) is 8.87. The third kappa shape index (κ3) is 8.96. The molecule has 0 spiro atoms. The van der Waals surface area contributed by atoms with Crippen molar-refractivity contribution in [1.82, 2.24) is 4.90 Å². The van der Waals surface area contributed by atoms with Crippen molar-refractivity contribution in [3.63, 3.8) is 0 Å². The molecule has 3 rings (SSSR count). The molecule has 202 valence electrons. The molecule has 0 heterocycles. The second-order valence-electron chi connectivity index (χ2n) is 10.3. The van der Waals surface area contributed by atoms with E-state index in [1.807, 2.05) is 54.6 Å². The van der Waals surface area contributed by atoms with Gasteiger partial charge in [0.2, 0.25) is 5.91 Å². The summed E-state index contributed by atoms with van der Waals surface area (Å²) < 4.78 is 16.6. The van der Waals surface area contributed by atoms with E-state index in [2.05, 4.69) is 56.2 Å². The molecule has 0 aliphatic carbocycles. The van der Waals surface area contributed by atoms with E-state index < -0.39 is 0 Å². The second-order valence-corrected chi connectivity index (χ2v) is 10.3. The van der Waals surface area contributed by atoms with Gasteiger partial charge in [-0.2, -0.15) is 0 Å². The van der Waals surface area contributed by atoms with Crippen LogP contribution < -0.4 is 19.5 Å². The lowest BCUT2D eigenvalue weighted by atomic mass is 9.87. The lowest BCUT2D eigenvalue weighted by Gasteiger charge is -2.18. The van der Waals surface area contributed by atoms with E-state index in [4.69, 9.17) is 14.2 Å². The lowest BCUT2D eigenvalue weighted by Crippen LogP contribution is -2.20. The molecule has 0 saturated carbocycles. The summed E-state index contributed by atoms with van der Waals surface area (Å²) in [5.41, 5.74) is 4.26. The highest BCUT2D eigenvalue weighted by atomic mass is 16.5. The van der Waals surface area contributed by atoms with Crippen LogP contribution in [0.1, 0.15) is 43.9 Å². The number of nitrogens with one attached hydrogen (secondary N) is 1. The number of rotatable bonds is 12. The number of hydrogen-bond donors (Lipinski definition) is 1. The van der Waals surface area contributed by atoms with Crippen molar-refractivity contribution in [1.29, 1.82) is 0 Å². The van der Waals surface area contributed by atoms with Gasteiger partial charge in [0.1, 0.15) is 5.75 Å². The predicted octanol–water partition coefficient (Wildman–Crippen LogP) is 6.55. The van der Waals surface area contributed by atoms with Crippen molar-refractivity contribution >= 4 is 17.7 Å². The smallest absolute Gasteiger partial charge is 0.248 e. The third-order valence-corrected chi connectivity index (χ3v) is 6.18. The van der Waals surface area contributed by atoms with E-state index in [0.29, 0.717) is 6.61 Å². The summed E-state index contributed by atoms with van der Waals surface area (Å²) in [7, 11) is 5.37. The van der Waals surface area contributed by atoms with Gasteiger partial charge < -0.3 is 24.4 Å². The topological polar surface area (TPSA) is 60.0 Å². The number of anilines is 1. The van der Waals surface area contributed by atoms with Crippen molar-refractivity contribution in [3.8, 4) is 17.2 Å². The van der Waals surface area contributed by atoms with E-state index in [0.717, 1.165) is 53.6 Å². The summed E-state index contributed by atoms with van der Waals surface area (Å²) in [6, 6.07) is 21.7. The minimum absolute atomic E-state index is 0.110. The Balaban J connectivity index is 1.38. The number of carbonyl (C=O) groups excluding carboxylic acids is 1. The lowest BCUT2D eigenvalue weighted by molar-refractivity contribution is -0.111. The van der Waals surface area contributed by atoms with E-state index in [-0.39, 0.29) is 11.3 Å². The first kappa shape index (κ1) is 28.8. The fourth-order valence-electron chi connectivity index (χ4n) is 3.98. The largest absolute Gasteiger partial charge is 0.494 e. The fraction of sp³-hybridized carbons (Fsp3) is 0.344. The zero-order chi connectivity index (χ0) is 27.5. The predicted molar refractivity (Wildman–Crippen MR) is 155 cm³/mol. The maximum absolute atomic E-state index is 12.3. The molecule has 0 fully saturated rings. The van der Waals surface area contributed by atoms with Gasteiger partial charge in [-0.3, -0.25) is 4.79 Å². The molecule has 0 unspecified atom stereocenters. The highest BCUT2D eigenvalue weighted by Crippen LogP contribution is 2.28. The summed E-state index contributed by atoms with van der Waals surface area (Å²) in [4.78, 5) is 14.6. The summed E-state index contributed by atoms with van der Waals surface area (Å²) in [5.74, 6) is 2.08. The van der Waals surface area contributed by atoms with Gasteiger partial charge in [-0.15, -0.1) is 0 Å². The van der Waals surface area contributed by atoms with Crippen molar-refractivity contribution in [2.24, 2.45) is 0 Å². The molecule has 38 heavy (non-hydrogen) atoms. The van der Waals surface area contributed by atoms with Crippen LogP contribution >= 0.6 is 0 Å². The third-order valence-electron chi connectivity index (χ3n) is 6.18. The average molecular weight is 517 g/mol. The van der Waals surface area contributed by atoms with E-state index in [1.165, 1.54) is 5.56 Å². The summed E-state index contributed by atoms with van der Waals surface area (Å²) >= 11 is 0. The Labute approximate surface area is 227 Å². The molecular formula is C32H40N2O4. The number of ether oxygens (including phenoxy) is 3. The Morgan fingerprint density at radius 1 is 0.921 bits per heavy atom. The molecule has 1 N–H and O–H groups in total. The summed E-state index contributed by atoms with van der Waals surface area (Å²) in [6.07, 6.45) is 4.26. The monoisotopic (exact) mass is 516 g/mol. The first-order valence-electron chi connectivity index (χ1n) is 12.9. The van der Waals surface area contributed by atoms with Crippen LogP contribution in [0.25, 0.3) is 6.08 Å². The van der Waals surface area contributed by atoms with Crippen LogP contribution in [0.15, 0.2) is 72.8 Å². The van der Waals surface area contributed by atoms with E-state index in [9.17, 15) is 4.79 Å². The minimum Gasteiger partial charge on any atom is -0.494 e. The molecule has 6 heteroatoms. The maximum atomic E-state index is 12.3. The molecule has 0 aromatic heterocycles. The minimum atomic E-state index is -0.170. The fourth-order valence-corrected chi connectivity index (χ4v) is 3.98. The van der Waals surface area contributed by atoms with Gasteiger partial charge in [0.05, 0.1) is 20.8 Å². The van der Waals surface area contributed by atoms with Crippen molar-refractivity contribution in [3.05, 3.63) is 89.5 Å². The highest BCUT2D eigenvalue weighted by molar-refractivity contribution is 6.01. The van der Waals surface area contributed by atoms with Gasteiger partial charge in [-0.05, 0) is 78.0 Å². The number of carbonyl (C=O) groups is 1. The second kappa shape index (κ2) is 13.7. The van der Waals surface area contributed by atoms with Crippen LogP contribution in [0.2, 0.25) is 0 Å². The van der Waals surface area contributed by atoms with Crippen molar-refractivity contribution in [2.45, 2.75) is 39.2 Å². The van der Waals surface area contributed by atoms with Gasteiger partial charge in [-0.1, -0.05) is 51.1 Å². The maximum Gasteiger partial charge on any atom is 0.248 e. The van der Waals surface area contributed by atoms with Gasteiger partial charge in [0.25, 0.3) is 0 Å². The molecule has 6 nitrogen and oxygen atoms in total. The number of amides is 1. The molecule has 3 aromatic carbocycles. The number of hydrogen-bond acceptors (Lipinski definition) is 5. The van der Waals surface area contributed by atoms with Crippen LogP contribution in [0, 0.1) is 0 Å². The molecule has 0 aliphatic rings. The zero-order valence-electron chi connectivity index (χ0n) is 23.4. The van der Waals surface area contributed by atoms with Crippen LogP contribution in [0.3, 0.4) is 0 Å². The number of nitrogens with zero attached hydrogens (tertiary/aromatic N) is 1. The average Bonchev–Trinajstić information content (AvgIpc) is 2.90. The number of methoxy groups -OCH3 is 2. The van der Waals surface area contributed by atoms with Gasteiger partial charge in [0, 0.05) is 24.9 Å². The molecule has 0 aliphatic heterocycles. The van der Waals surface area contributed by atoms with Gasteiger partial charge in [-0.25, -0.2) is 0 Å². The van der Waals surface area contributed by atoms with E-state index >= 15 is 0 Å². The summed E-state index contributed by atoms with van der Waals surface area (Å²) in [5, 5.41) is 2.89. The molecule has 0 atom stereocenters. The molecule has 0 bridgehead atoms. The Bertz CT molecular complexity index is 1200. The molecule has 1 amide bonds. The molecule has 3 aromatic rings.